The fourth-order valence-electron chi connectivity index (χ4n) is 5.46. The number of hydrogen-bond donors (Lipinski definition) is 2. The van der Waals surface area contributed by atoms with Gasteiger partial charge in [-0.1, -0.05) is 82.1 Å². The number of benzene rings is 2. The van der Waals surface area contributed by atoms with Gasteiger partial charge in [-0.3, -0.25) is 9.59 Å². The highest BCUT2D eigenvalue weighted by molar-refractivity contribution is 6.30. The third-order valence-electron chi connectivity index (χ3n) is 7.18. The zero-order valence-corrected chi connectivity index (χ0v) is 22.9. The second kappa shape index (κ2) is 10.9. The predicted molar refractivity (Wildman–Crippen MR) is 143 cm³/mol. The first-order chi connectivity index (χ1) is 16.8. The Labute approximate surface area is 223 Å². The van der Waals surface area contributed by atoms with Crippen molar-refractivity contribution in [2.24, 2.45) is 17.3 Å². The van der Waals surface area contributed by atoms with Gasteiger partial charge in [-0.2, -0.15) is 5.26 Å². The molecular weight excluding hydrogens is 495 g/mol. The van der Waals surface area contributed by atoms with Crippen molar-refractivity contribution < 1.29 is 14.7 Å². The summed E-state index contributed by atoms with van der Waals surface area (Å²) in [5, 5.41) is 25.2. The van der Waals surface area contributed by atoms with E-state index in [0.717, 1.165) is 11.1 Å². The van der Waals surface area contributed by atoms with Crippen LogP contribution in [0.4, 0.5) is 0 Å². The average molecular weight is 530 g/mol. The largest absolute Gasteiger partial charge is 0.481 e. The fraction of sp³-hybridized carbons (Fsp3) is 0.483. The van der Waals surface area contributed by atoms with E-state index in [4.69, 9.17) is 23.2 Å². The number of halogens is 2. The first-order valence-corrected chi connectivity index (χ1v) is 13.0. The van der Waals surface area contributed by atoms with E-state index in [2.05, 4.69) is 32.2 Å². The van der Waals surface area contributed by atoms with Crippen LogP contribution >= 0.6 is 23.2 Å². The minimum absolute atomic E-state index is 0.119. The molecule has 0 amide bonds. The smallest absolute Gasteiger partial charge is 0.307 e. The number of carbonyl (C=O) groups is 2. The number of carboxylic acid groups (broad SMARTS) is 1. The number of nitrogens with one attached hydrogen (secondary N) is 1. The molecule has 0 aliphatic carbocycles. The van der Waals surface area contributed by atoms with Crippen molar-refractivity contribution in [3.8, 4) is 6.07 Å². The van der Waals surface area contributed by atoms with Crippen LogP contribution in [0.2, 0.25) is 10.0 Å². The molecular formula is C29H34Cl2N2O3. The fourth-order valence-corrected chi connectivity index (χ4v) is 5.79. The molecule has 7 heteroatoms. The minimum Gasteiger partial charge on any atom is -0.481 e. The van der Waals surface area contributed by atoms with Gasteiger partial charge in [-0.25, -0.2) is 0 Å². The molecule has 1 fully saturated rings. The molecule has 0 aromatic heterocycles. The number of nitrogens with zero attached hydrogens (tertiary/aromatic N) is 1. The highest BCUT2D eigenvalue weighted by Gasteiger charge is 2.59. The Balaban J connectivity index is 2.24. The summed E-state index contributed by atoms with van der Waals surface area (Å²) in [5.74, 6) is -2.81. The van der Waals surface area contributed by atoms with E-state index in [0.29, 0.717) is 16.5 Å². The van der Waals surface area contributed by atoms with Gasteiger partial charge in [0.2, 0.25) is 0 Å². The molecule has 2 aromatic rings. The Hall–Kier alpha value is -2.39. The zero-order valence-electron chi connectivity index (χ0n) is 21.4. The third-order valence-corrected chi connectivity index (χ3v) is 7.66. The molecule has 0 spiro atoms. The van der Waals surface area contributed by atoms with Crippen LogP contribution in [0.25, 0.3) is 0 Å². The molecule has 3 rings (SSSR count). The van der Waals surface area contributed by atoms with E-state index in [1.54, 1.807) is 38.1 Å². The standard InChI is InChI=1S/C29H34Cl2N2O3/c1-17(2)22(27(35)36)14-23(34)26-25(18-7-6-8-21(31)13-18)29(16-32,19-9-11-20(30)12-10-19)24(33-26)15-28(3,4)5/h6-13,17,22,24-26,33H,14-15H2,1-5H3,(H,35,36)/t22-,24+,25+,26+,29+/m0/s1. The van der Waals surface area contributed by atoms with Gasteiger partial charge in [0.1, 0.15) is 5.41 Å². The van der Waals surface area contributed by atoms with E-state index in [9.17, 15) is 20.0 Å². The Morgan fingerprint density at radius 1 is 1.11 bits per heavy atom. The number of Topliss-reactive ketones (excluding diaryl/α,β-unsaturated/α-hetero) is 1. The van der Waals surface area contributed by atoms with Crippen LogP contribution in [-0.4, -0.2) is 28.9 Å². The Morgan fingerprint density at radius 3 is 2.25 bits per heavy atom. The summed E-state index contributed by atoms with van der Waals surface area (Å²) < 4.78 is 0. The van der Waals surface area contributed by atoms with Gasteiger partial charge in [-0.15, -0.1) is 0 Å². The molecule has 1 aliphatic heterocycles. The van der Waals surface area contributed by atoms with Gasteiger partial charge in [-0.05, 0) is 53.1 Å². The maximum absolute atomic E-state index is 13.8. The van der Waals surface area contributed by atoms with Gasteiger partial charge in [0.15, 0.2) is 5.78 Å². The van der Waals surface area contributed by atoms with Gasteiger partial charge in [0.05, 0.1) is 18.0 Å². The number of carboxylic acids is 1. The topological polar surface area (TPSA) is 90.2 Å². The number of hydrogen-bond acceptors (Lipinski definition) is 4. The average Bonchev–Trinajstić information content (AvgIpc) is 3.10. The lowest BCUT2D eigenvalue weighted by atomic mass is 9.62. The second-order valence-corrected chi connectivity index (χ2v) is 12.2. The number of aliphatic carboxylic acids is 1. The lowest BCUT2D eigenvalue weighted by Gasteiger charge is -2.37. The quantitative estimate of drug-likeness (QED) is 0.401. The lowest BCUT2D eigenvalue weighted by molar-refractivity contribution is -0.145. The molecule has 1 aliphatic rings. The lowest BCUT2D eigenvalue weighted by Crippen LogP contribution is -2.44. The summed E-state index contributed by atoms with van der Waals surface area (Å²) >= 11 is 12.6. The number of rotatable bonds is 8. The highest BCUT2D eigenvalue weighted by atomic mass is 35.5. The summed E-state index contributed by atoms with van der Waals surface area (Å²) in [6, 6.07) is 16.0. The molecule has 5 nitrogen and oxygen atoms in total. The molecule has 5 atom stereocenters. The van der Waals surface area contributed by atoms with Crippen LogP contribution in [0.15, 0.2) is 48.5 Å². The van der Waals surface area contributed by atoms with Crippen molar-refractivity contribution >= 4 is 35.0 Å². The van der Waals surface area contributed by atoms with Crippen LogP contribution in [0, 0.1) is 28.6 Å². The van der Waals surface area contributed by atoms with Crippen molar-refractivity contribution in [2.75, 3.05) is 0 Å². The van der Waals surface area contributed by atoms with Crippen molar-refractivity contribution in [3.63, 3.8) is 0 Å². The maximum atomic E-state index is 13.8. The first-order valence-electron chi connectivity index (χ1n) is 12.2. The third kappa shape index (κ3) is 5.78. The monoisotopic (exact) mass is 528 g/mol. The maximum Gasteiger partial charge on any atom is 0.307 e. The van der Waals surface area contributed by atoms with E-state index < -0.39 is 29.3 Å². The normalized spacial score (nSPS) is 24.9. The summed E-state index contributed by atoms with van der Waals surface area (Å²) in [5.41, 5.74) is 0.261. The van der Waals surface area contributed by atoms with Crippen molar-refractivity contribution in [1.29, 1.82) is 5.26 Å². The van der Waals surface area contributed by atoms with Gasteiger partial charge in [0.25, 0.3) is 0 Å². The van der Waals surface area contributed by atoms with Gasteiger partial charge in [0, 0.05) is 28.4 Å². The molecule has 1 heterocycles. The zero-order chi connectivity index (χ0) is 26.8. The van der Waals surface area contributed by atoms with Gasteiger partial charge < -0.3 is 10.4 Å². The molecule has 0 bridgehead atoms. The predicted octanol–water partition coefficient (Wildman–Crippen LogP) is 6.63. The minimum atomic E-state index is -1.11. The summed E-state index contributed by atoms with van der Waals surface area (Å²) in [6.07, 6.45) is 0.503. The summed E-state index contributed by atoms with van der Waals surface area (Å²) in [4.78, 5) is 25.8. The SMILES string of the molecule is CC(C)[C@H](CC(=O)[C@H]1N[C@H](CC(C)(C)C)[C@@](C#N)(c2ccc(Cl)cc2)[C@@H]1c1cccc(Cl)c1)C(=O)O. The van der Waals surface area contributed by atoms with Crippen LogP contribution in [0.3, 0.4) is 0 Å². The van der Waals surface area contributed by atoms with Gasteiger partial charge >= 0.3 is 5.97 Å². The van der Waals surface area contributed by atoms with E-state index >= 15 is 0 Å². The van der Waals surface area contributed by atoms with Crippen LogP contribution in [-0.2, 0) is 15.0 Å². The molecule has 0 radical (unpaired) electrons. The Bertz CT molecular complexity index is 1150. The Morgan fingerprint density at radius 2 is 1.75 bits per heavy atom. The number of carbonyl (C=O) groups excluding carboxylic acids is 1. The van der Waals surface area contributed by atoms with Crippen molar-refractivity contribution in [2.45, 2.75) is 70.9 Å². The summed E-state index contributed by atoms with van der Waals surface area (Å²) in [7, 11) is 0. The second-order valence-electron chi connectivity index (χ2n) is 11.3. The molecule has 0 saturated carbocycles. The van der Waals surface area contributed by atoms with E-state index in [-0.39, 0.29) is 29.6 Å². The molecule has 36 heavy (non-hydrogen) atoms. The van der Waals surface area contributed by atoms with Crippen LogP contribution in [0.5, 0.6) is 0 Å². The van der Waals surface area contributed by atoms with Crippen molar-refractivity contribution in [1.82, 2.24) is 5.32 Å². The molecule has 0 unspecified atom stereocenters. The molecule has 2 aromatic carbocycles. The summed E-state index contributed by atoms with van der Waals surface area (Å²) in [6.45, 7) is 9.90. The first kappa shape index (κ1) is 28.2. The van der Waals surface area contributed by atoms with Crippen LogP contribution < -0.4 is 5.32 Å². The molecule has 2 N–H and O–H groups in total. The van der Waals surface area contributed by atoms with E-state index in [1.165, 1.54) is 0 Å². The molecule has 192 valence electrons. The molecule has 1 saturated heterocycles. The van der Waals surface area contributed by atoms with Crippen LogP contribution in [0.1, 0.15) is 64.5 Å². The van der Waals surface area contributed by atoms with Crippen molar-refractivity contribution in [3.05, 3.63) is 69.7 Å². The Kier molecular flexibility index (Phi) is 8.55. The number of ketones is 1. The highest BCUT2D eigenvalue weighted by Crippen LogP contribution is 2.52. The van der Waals surface area contributed by atoms with E-state index in [1.807, 2.05) is 24.3 Å². The number of nitriles is 1.